The molecule has 3 heterocycles. The molecule has 1 unspecified atom stereocenters. The van der Waals surface area contributed by atoms with Crippen molar-refractivity contribution in [2.75, 3.05) is 33.3 Å². The molecule has 0 spiro atoms. The van der Waals surface area contributed by atoms with Gasteiger partial charge in [0, 0.05) is 57.0 Å². The monoisotopic (exact) mass is 432 g/mol. The van der Waals surface area contributed by atoms with Crippen LogP contribution >= 0.6 is 0 Å². The second kappa shape index (κ2) is 10.0. The van der Waals surface area contributed by atoms with Crippen LogP contribution < -0.4 is 4.74 Å². The zero-order chi connectivity index (χ0) is 22.3. The SMILES string of the molecule is COc1ccc(C(C#N)N2CCN(C(=O)CCc3nc(-c4ccncc4)no3)CC2)cc1. The highest BCUT2D eigenvalue weighted by atomic mass is 16.5. The summed E-state index contributed by atoms with van der Waals surface area (Å²) in [7, 11) is 1.62. The molecular formula is C23H24N6O3. The average molecular weight is 432 g/mol. The molecule has 0 aliphatic carbocycles. The number of rotatable bonds is 7. The van der Waals surface area contributed by atoms with Crippen molar-refractivity contribution in [2.45, 2.75) is 18.9 Å². The Balaban J connectivity index is 1.28. The lowest BCUT2D eigenvalue weighted by Crippen LogP contribution is -2.49. The second-order valence-corrected chi connectivity index (χ2v) is 7.47. The highest BCUT2D eigenvalue weighted by molar-refractivity contribution is 5.76. The van der Waals surface area contributed by atoms with E-state index in [-0.39, 0.29) is 11.9 Å². The van der Waals surface area contributed by atoms with E-state index in [9.17, 15) is 10.1 Å². The van der Waals surface area contributed by atoms with E-state index in [0.717, 1.165) is 16.9 Å². The molecule has 1 atom stereocenters. The molecule has 4 rings (SSSR count). The van der Waals surface area contributed by atoms with Crippen molar-refractivity contribution in [3.8, 4) is 23.2 Å². The van der Waals surface area contributed by atoms with E-state index >= 15 is 0 Å². The topological polar surface area (TPSA) is 108 Å². The summed E-state index contributed by atoms with van der Waals surface area (Å²) in [6.45, 7) is 2.45. The van der Waals surface area contributed by atoms with Gasteiger partial charge in [-0.25, -0.2) is 0 Å². The minimum Gasteiger partial charge on any atom is -0.497 e. The Bertz CT molecular complexity index is 1070. The number of aryl methyl sites for hydroxylation is 1. The van der Waals surface area contributed by atoms with Gasteiger partial charge in [0.2, 0.25) is 17.6 Å². The lowest BCUT2D eigenvalue weighted by Gasteiger charge is -2.37. The van der Waals surface area contributed by atoms with Crippen LogP contribution in [0.1, 0.15) is 23.9 Å². The lowest BCUT2D eigenvalue weighted by atomic mass is 10.1. The minimum absolute atomic E-state index is 0.0475. The van der Waals surface area contributed by atoms with Crippen LogP contribution in [-0.4, -0.2) is 64.1 Å². The van der Waals surface area contributed by atoms with Gasteiger partial charge in [0.15, 0.2) is 0 Å². The van der Waals surface area contributed by atoms with Crippen LogP contribution in [0.15, 0.2) is 53.3 Å². The molecule has 32 heavy (non-hydrogen) atoms. The number of nitrogens with zero attached hydrogens (tertiary/aromatic N) is 6. The molecule has 1 aromatic carbocycles. The molecule has 0 radical (unpaired) electrons. The van der Waals surface area contributed by atoms with Gasteiger partial charge >= 0.3 is 0 Å². The summed E-state index contributed by atoms with van der Waals surface area (Å²) in [5.41, 5.74) is 1.75. The number of nitriles is 1. The third kappa shape index (κ3) is 4.92. The summed E-state index contributed by atoms with van der Waals surface area (Å²) in [5, 5.41) is 13.7. The Morgan fingerprint density at radius 2 is 1.88 bits per heavy atom. The summed E-state index contributed by atoms with van der Waals surface area (Å²) >= 11 is 0. The molecule has 164 valence electrons. The van der Waals surface area contributed by atoms with Crippen LogP contribution in [0.4, 0.5) is 0 Å². The second-order valence-electron chi connectivity index (χ2n) is 7.47. The molecule has 3 aromatic rings. The Morgan fingerprint density at radius 1 is 1.16 bits per heavy atom. The summed E-state index contributed by atoms with van der Waals surface area (Å²) in [4.78, 5) is 24.9. The van der Waals surface area contributed by atoms with Gasteiger partial charge in [-0.05, 0) is 29.8 Å². The van der Waals surface area contributed by atoms with E-state index in [1.54, 1.807) is 31.6 Å². The average Bonchev–Trinajstić information content (AvgIpc) is 3.33. The molecule has 1 fully saturated rings. The van der Waals surface area contributed by atoms with E-state index in [1.807, 2.05) is 29.2 Å². The Hall–Kier alpha value is -3.77. The fourth-order valence-corrected chi connectivity index (χ4v) is 3.73. The maximum atomic E-state index is 12.7. The van der Waals surface area contributed by atoms with E-state index in [4.69, 9.17) is 9.26 Å². The number of hydrogen-bond donors (Lipinski definition) is 0. The van der Waals surface area contributed by atoms with Gasteiger partial charge < -0.3 is 14.2 Å². The van der Waals surface area contributed by atoms with E-state index in [1.165, 1.54) is 0 Å². The first-order valence-corrected chi connectivity index (χ1v) is 10.5. The number of ether oxygens (including phenoxy) is 1. The molecule has 1 aliphatic rings. The summed E-state index contributed by atoms with van der Waals surface area (Å²) in [6.07, 6.45) is 4.03. The van der Waals surface area contributed by atoms with Gasteiger partial charge in [-0.15, -0.1) is 0 Å². The molecule has 1 aliphatic heterocycles. The first-order chi connectivity index (χ1) is 15.7. The van der Waals surface area contributed by atoms with Gasteiger partial charge in [-0.2, -0.15) is 10.2 Å². The Labute approximate surface area is 186 Å². The van der Waals surface area contributed by atoms with Crippen molar-refractivity contribution in [3.63, 3.8) is 0 Å². The molecule has 9 nitrogen and oxygen atoms in total. The third-order valence-electron chi connectivity index (χ3n) is 5.55. The molecule has 9 heteroatoms. The number of carbonyl (C=O) groups is 1. The Kier molecular flexibility index (Phi) is 6.72. The van der Waals surface area contributed by atoms with Gasteiger partial charge in [0.05, 0.1) is 13.2 Å². The number of aromatic nitrogens is 3. The highest BCUT2D eigenvalue weighted by Gasteiger charge is 2.27. The summed E-state index contributed by atoms with van der Waals surface area (Å²) in [6, 6.07) is 13.2. The van der Waals surface area contributed by atoms with Gasteiger partial charge in [0.1, 0.15) is 11.8 Å². The Morgan fingerprint density at radius 3 is 2.53 bits per heavy atom. The molecule has 0 N–H and O–H groups in total. The van der Waals surface area contributed by atoms with Crippen LogP contribution in [0.25, 0.3) is 11.4 Å². The van der Waals surface area contributed by atoms with Crippen LogP contribution in [-0.2, 0) is 11.2 Å². The smallest absolute Gasteiger partial charge is 0.227 e. The van der Waals surface area contributed by atoms with Crippen LogP contribution in [0.2, 0.25) is 0 Å². The predicted molar refractivity (Wildman–Crippen MR) is 115 cm³/mol. The van der Waals surface area contributed by atoms with Crippen LogP contribution in [0, 0.1) is 11.3 Å². The highest BCUT2D eigenvalue weighted by Crippen LogP contribution is 2.24. The summed E-state index contributed by atoms with van der Waals surface area (Å²) in [5.74, 6) is 1.73. The van der Waals surface area contributed by atoms with Crippen molar-refractivity contribution in [3.05, 3.63) is 60.2 Å². The number of benzene rings is 1. The van der Waals surface area contributed by atoms with Gasteiger partial charge in [-0.1, -0.05) is 17.3 Å². The first-order valence-electron chi connectivity index (χ1n) is 10.5. The molecule has 0 bridgehead atoms. The number of pyridine rings is 1. The number of amides is 1. The van der Waals surface area contributed by atoms with Crippen molar-refractivity contribution >= 4 is 5.91 Å². The molecule has 2 aromatic heterocycles. The normalized spacial score (nSPS) is 15.2. The fourth-order valence-electron chi connectivity index (χ4n) is 3.73. The molecular weight excluding hydrogens is 408 g/mol. The largest absolute Gasteiger partial charge is 0.497 e. The van der Waals surface area contributed by atoms with Crippen LogP contribution in [0.5, 0.6) is 5.75 Å². The maximum absolute atomic E-state index is 12.7. The van der Waals surface area contributed by atoms with Gasteiger partial charge in [-0.3, -0.25) is 14.7 Å². The number of piperazine rings is 1. The van der Waals surface area contributed by atoms with Gasteiger partial charge in [0.25, 0.3) is 0 Å². The third-order valence-corrected chi connectivity index (χ3v) is 5.55. The first kappa shape index (κ1) is 21.5. The molecule has 0 saturated carbocycles. The lowest BCUT2D eigenvalue weighted by molar-refractivity contribution is -0.133. The standard InChI is InChI=1S/C23H24N6O3/c1-31-19-4-2-17(3-5-19)20(16-24)28-12-14-29(15-13-28)22(30)7-6-21-26-23(27-32-21)18-8-10-25-11-9-18/h2-5,8-11,20H,6-7,12-15H2,1H3. The van der Waals surface area contributed by atoms with Crippen molar-refractivity contribution in [2.24, 2.45) is 0 Å². The van der Waals surface area contributed by atoms with E-state index in [2.05, 4.69) is 26.1 Å². The van der Waals surface area contributed by atoms with E-state index in [0.29, 0.717) is 50.7 Å². The zero-order valence-electron chi connectivity index (χ0n) is 17.8. The number of carbonyl (C=O) groups excluding carboxylic acids is 1. The van der Waals surface area contributed by atoms with Crippen molar-refractivity contribution < 1.29 is 14.1 Å². The molecule has 1 saturated heterocycles. The van der Waals surface area contributed by atoms with Crippen molar-refractivity contribution in [1.29, 1.82) is 5.26 Å². The quantitative estimate of drug-likeness (QED) is 0.560. The fraction of sp³-hybridized carbons (Fsp3) is 0.348. The maximum Gasteiger partial charge on any atom is 0.227 e. The minimum atomic E-state index is -0.344. The molecule has 1 amide bonds. The van der Waals surface area contributed by atoms with Crippen molar-refractivity contribution in [1.82, 2.24) is 24.9 Å². The predicted octanol–water partition coefficient (Wildman–Crippen LogP) is 2.48. The van der Waals surface area contributed by atoms with E-state index < -0.39 is 0 Å². The number of methoxy groups -OCH3 is 1. The summed E-state index contributed by atoms with van der Waals surface area (Å²) < 4.78 is 10.5. The van der Waals surface area contributed by atoms with Crippen LogP contribution in [0.3, 0.4) is 0 Å². The zero-order valence-corrected chi connectivity index (χ0v) is 17.8. The number of hydrogen-bond acceptors (Lipinski definition) is 8.